The van der Waals surface area contributed by atoms with Crippen LogP contribution in [0.1, 0.15) is 243 Å². The third kappa shape index (κ3) is 45.1. The lowest BCUT2D eigenvalue weighted by Gasteiger charge is -2.22. The van der Waals surface area contributed by atoms with Crippen LogP contribution in [-0.2, 0) is 61.0 Å². The summed E-state index contributed by atoms with van der Waals surface area (Å²) in [5, 5.41) is 0. The number of anilines is 2. The molecule has 108 heavy (non-hydrogen) atoms. The third-order valence-corrected chi connectivity index (χ3v) is 17.7. The Balaban J connectivity index is 0.000000647. The Hall–Kier alpha value is -8.02. The van der Waals surface area contributed by atoms with E-state index in [0.717, 1.165) is 62.7 Å². The summed E-state index contributed by atoms with van der Waals surface area (Å²) in [6, 6.07) is 39.5. The summed E-state index contributed by atoms with van der Waals surface area (Å²) in [6.45, 7) is 52.2. The van der Waals surface area contributed by atoms with Gasteiger partial charge in [-0.1, -0.05) is 264 Å². The molecule has 0 atom stereocenters. The Bertz CT molecular complexity index is 3940. The number of carbonyl (C=O) groups is 9. The van der Waals surface area contributed by atoms with Crippen LogP contribution in [0.5, 0.6) is 0 Å². The molecule has 0 spiro atoms. The van der Waals surface area contributed by atoms with Gasteiger partial charge in [0.05, 0.1) is 24.3 Å². The van der Waals surface area contributed by atoms with Crippen molar-refractivity contribution < 1.29 is 51.6 Å². The number of aliphatic imine (C=N–C) groups is 1. The fourth-order valence-corrected chi connectivity index (χ4v) is 12.9. The van der Waals surface area contributed by atoms with Crippen molar-refractivity contribution >= 4 is 96.6 Å². The van der Waals surface area contributed by atoms with Crippen LogP contribution in [-0.4, -0.2) is 109 Å². The molecule has 2 aliphatic heterocycles. The number of aryl methyl sites for hydroxylation is 4. The van der Waals surface area contributed by atoms with E-state index in [9.17, 15) is 51.6 Å². The topological polar surface area (TPSA) is 210 Å². The van der Waals surface area contributed by atoms with Crippen LogP contribution < -0.4 is 9.80 Å². The summed E-state index contributed by atoms with van der Waals surface area (Å²) >= 11 is 5.27. The third-order valence-electron chi connectivity index (χ3n) is 15.7. The molecule has 1 fully saturated rings. The first kappa shape index (κ1) is 98.0. The first-order chi connectivity index (χ1) is 49.6. The van der Waals surface area contributed by atoms with Crippen molar-refractivity contribution in [2.75, 3.05) is 42.2 Å². The van der Waals surface area contributed by atoms with E-state index in [0.29, 0.717) is 70.2 Å². The maximum Gasteiger partial charge on any atom is 0.331 e. The number of imide groups is 1. The molecule has 15 nitrogen and oxygen atoms in total. The van der Waals surface area contributed by atoms with Crippen molar-refractivity contribution in [1.82, 2.24) is 4.90 Å². The van der Waals surface area contributed by atoms with Gasteiger partial charge in [-0.2, -0.15) is 0 Å². The molecule has 0 aliphatic carbocycles. The molecule has 2 aliphatic rings. The van der Waals surface area contributed by atoms with Crippen LogP contribution in [0.3, 0.4) is 0 Å². The quantitative estimate of drug-likeness (QED) is 0.0442. The molecule has 0 N–H and O–H groups in total. The number of sulfone groups is 1. The van der Waals surface area contributed by atoms with Gasteiger partial charge in [0.2, 0.25) is 11.8 Å². The van der Waals surface area contributed by atoms with Crippen molar-refractivity contribution in [3.63, 3.8) is 0 Å². The zero-order valence-corrected chi connectivity index (χ0v) is 72.2. The Kier molecular flexibility index (Phi) is 41.0. The molecule has 5 aromatic rings. The van der Waals surface area contributed by atoms with Gasteiger partial charge in [-0.15, -0.1) is 0 Å². The van der Waals surface area contributed by atoms with E-state index in [-0.39, 0.29) is 103 Å². The number of benzene rings is 5. The number of rotatable bonds is 23. The molecule has 5 aromatic carbocycles. The molecule has 7 rings (SSSR count). The highest BCUT2D eigenvalue weighted by Gasteiger charge is 2.35. The van der Waals surface area contributed by atoms with E-state index < -0.39 is 15.6 Å². The molecule has 1 saturated heterocycles. The second-order valence-corrected chi connectivity index (χ2v) is 38.3. The average Bonchev–Trinajstić information content (AvgIpc) is 1.61. The van der Waals surface area contributed by atoms with Crippen LogP contribution in [0, 0.1) is 60.2 Å². The molecule has 0 bridgehead atoms. The standard InChI is InChI=1S/C16H22N2O2.C16H23NO2.C16H22O2.C15H20OS.C14H20O3S.C12H19NO.C2H6/c1-12-6-5-7-13(10-12)17-8-9-18(15(17)20)14(19)11-16(2,3)4;1-12-6-8-13(9-7-12)17(5)15(19)10-14(18)11-16(2,3)4;1-12-5-7-13(8-6-12)9-14(17)10-15(18)11-16(2,3)4;1-15(2,3)11-14(17)10-13(16)9-12-7-5-4-6-8-12;1-11-5-7-13(8-6-11)18(16,17)10-12(15)9-14(2,3)4;1-9-5-10(13-8-9)6-11(14)7-12(2,3)4;1-2/h5-7,10H,8-9,11H2,1-4H3;6-9H,10-11H2,1-5H3;5-8H,9-11H2,1-4H3;4-8H,9-11H2,1-3H3;5-8H,9-10H2,1-4H3;5H,6-8H2,1-4H3;1-2H3. The zero-order chi connectivity index (χ0) is 82.9. The summed E-state index contributed by atoms with van der Waals surface area (Å²) in [5.41, 5.74) is 10.2. The van der Waals surface area contributed by atoms with Crippen molar-refractivity contribution in [1.29, 1.82) is 0 Å². The van der Waals surface area contributed by atoms with Crippen molar-refractivity contribution in [3.05, 3.63) is 172 Å². The molecular weight excluding hydrogens is 1390 g/mol. The van der Waals surface area contributed by atoms with Crippen molar-refractivity contribution in [2.24, 2.45) is 37.5 Å². The molecule has 0 radical (unpaired) electrons. The number of ketones is 6. The number of nitrogens with zero attached hydrogens (tertiary/aromatic N) is 4. The van der Waals surface area contributed by atoms with Gasteiger partial charge >= 0.3 is 6.03 Å². The molecule has 594 valence electrons. The molecule has 0 aromatic heterocycles. The largest absolute Gasteiger partial charge is 0.331 e. The molecule has 0 saturated carbocycles. The van der Waals surface area contributed by atoms with Gasteiger partial charge in [0.15, 0.2) is 9.84 Å². The Morgan fingerprint density at radius 2 is 0.880 bits per heavy atom. The van der Waals surface area contributed by atoms with Crippen molar-refractivity contribution in [2.45, 2.75) is 255 Å². The van der Waals surface area contributed by atoms with E-state index in [1.165, 1.54) is 16.0 Å². The van der Waals surface area contributed by atoms with E-state index in [2.05, 4.69) is 46.5 Å². The lowest BCUT2D eigenvalue weighted by Crippen LogP contribution is -2.37. The highest BCUT2D eigenvalue weighted by atomic mass is 32.2. The predicted octanol–water partition coefficient (Wildman–Crippen LogP) is 20.6. The van der Waals surface area contributed by atoms with Gasteiger partial charge in [0, 0.05) is 99.9 Å². The summed E-state index contributed by atoms with van der Waals surface area (Å²) in [7, 11) is -1.79. The van der Waals surface area contributed by atoms with Crippen LogP contribution in [0.25, 0.3) is 0 Å². The minimum atomic E-state index is -3.50. The van der Waals surface area contributed by atoms with Gasteiger partial charge in [0.25, 0.3) is 0 Å². The van der Waals surface area contributed by atoms with E-state index >= 15 is 0 Å². The maximum atomic E-state index is 12.4. The van der Waals surface area contributed by atoms with E-state index in [1.54, 1.807) is 41.1 Å². The smallest absolute Gasteiger partial charge is 0.315 e. The van der Waals surface area contributed by atoms with Gasteiger partial charge in [-0.05, 0) is 133 Å². The first-order valence-electron chi connectivity index (χ1n) is 37.8. The maximum absolute atomic E-state index is 12.4. The van der Waals surface area contributed by atoms with Crippen LogP contribution in [0.2, 0.25) is 0 Å². The number of Topliss-reactive ketones (excluding diaryl/α,β-unsaturated/α-hetero) is 6. The molecule has 17 heteroatoms. The monoisotopic (exact) mass is 1520 g/mol. The number of urea groups is 1. The Labute approximate surface area is 656 Å². The van der Waals surface area contributed by atoms with Gasteiger partial charge in [0.1, 0.15) is 40.5 Å². The lowest BCUT2D eigenvalue weighted by atomic mass is 9.88. The minimum Gasteiger partial charge on any atom is -0.315 e. The number of hydrogen-bond donors (Lipinski definition) is 0. The summed E-state index contributed by atoms with van der Waals surface area (Å²) in [5.74, 6) is -0.330. The second kappa shape index (κ2) is 45.2. The number of thiocarbonyl (C=S) groups is 1. The fourth-order valence-electron chi connectivity index (χ4n) is 11.1. The average molecular weight is 1520 g/mol. The first-order valence-corrected chi connectivity index (χ1v) is 39.9. The molecular formula is C91H132N4O11S2. The number of amides is 4. The van der Waals surface area contributed by atoms with Gasteiger partial charge in [-0.3, -0.25) is 53.1 Å². The second-order valence-electron chi connectivity index (χ2n) is 35.7. The summed E-state index contributed by atoms with van der Waals surface area (Å²) in [4.78, 5) is 117. The number of allylic oxidation sites excluding steroid dienone is 1. The molecule has 0 unspecified atom stereocenters. The molecule has 4 amide bonds. The Morgan fingerprint density at radius 3 is 1.33 bits per heavy atom. The van der Waals surface area contributed by atoms with Crippen LogP contribution in [0.4, 0.5) is 16.2 Å². The van der Waals surface area contributed by atoms with Gasteiger partial charge < -0.3 is 4.90 Å². The SMILES string of the molecule is CC.CC(C)(C)CC(=S)CC(=O)Cc1ccccc1.CC1=CC(CC(=O)CC(C)(C)C)=NC1.Cc1ccc(CC(=O)CC(=O)CC(C)(C)C)cc1.Cc1ccc(N(C)C(=O)CC(=O)CC(C)(C)C)cc1.Cc1ccc(S(=O)(=O)CC(=O)CC(C)(C)C)cc1.Cc1cccc(N2CCN(C(=O)CC(C)(C)C)C2=O)c1. The zero-order valence-electron chi connectivity index (χ0n) is 70.6. The number of hydrogen-bond acceptors (Lipinski definition) is 13. The summed E-state index contributed by atoms with van der Waals surface area (Å²) < 4.78 is 24.0. The number of carbonyl (C=O) groups excluding carboxylic acids is 9. The minimum absolute atomic E-state index is 0.00328. The lowest BCUT2D eigenvalue weighted by molar-refractivity contribution is -0.130. The normalized spacial score (nSPS) is 12.9. The van der Waals surface area contributed by atoms with E-state index in [1.807, 2.05) is 241 Å². The van der Waals surface area contributed by atoms with Crippen LogP contribution in [0.15, 0.2) is 149 Å². The molecule has 2 heterocycles. The fraction of sp³-hybridized carbons (Fsp3) is 0.527. The highest BCUT2D eigenvalue weighted by Crippen LogP contribution is 2.28. The van der Waals surface area contributed by atoms with Crippen molar-refractivity contribution in [3.8, 4) is 0 Å². The highest BCUT2D eigenvalue weighted by molar-refractivity contribution is 7.92. The van der Waals surface area contributed by atoms with Crippen LogP contribution >= 0.6 is 12.2 Å². The predicted molar refractivity (Wildman–Crippen MR) is 451 cm³/mol. The Morgan fingerprint density at radius 1 is 0.454 bits per heavy atom. The summed E-state index contributed by atoms with van der Waals surface area (Å²) in [6.07, 6.45) is 6.89. The van der Waals surface area contributed by atoms with Gasteiger partial charge in [-0.25, -0.2) is 13.2 Å². The van der Waals surface area contributed by atoms with E-state index in [4.69, 9.17) is 12.2 Å².